The Labute approximate surface area is 305 Å². The van der Waals surface area contributed by atoms with Crippen LogP contribution >= 0.6 is 0 Å². The molecule has 258 valence electrons. The molecule has 8 rings (SSSR count). The van der Waals surface area contributed by atoms with Gasteiger partial charge in [-0.3, -0.25) is 0 Å². The summed E-state index contributed by atoms with van der Waals surface area (Å²) >= 11 is 0. The van der Waals surface area contributed by atoms with Crippen LogP contribution in [0.5, 0.6) is 0 Å². The summed E-state index contributed by atoms with van der Waals surface area (Å²) in [5.41, 5.74) is 14.1. The van der Waals surface area contributed by atoms with Gasteiger partial charge in [-0.05, 0) is 129 Å². The molecule has 0 amide bonds. The van der Waals surface area contributed by atoms with Gasteiger partial charge >= 0.3 is 0 Å². The Morgan fingerprint density at radius 2 is 1.80 bits per heavy atom. The van der Waals surface area contributed by atoms with Crippen molar-refractivity contribution >= 4 is 33.1 Å². The van der Waals surface area contributed by atoms with E-state index in [1.807, 2.05) is 0 Å². The van der Waals surface area contributed by atoms with E-state index in [1.54, 1.807) is 5.57 Å². The van der Waals surface area contributed by atoms with Gasteiger partial charge in [0, 0.05) is 40.3 Å². The van der Waals surface area contributed by atoms with Gasteiger partial charge in [-0.15, -0.1) is 0 Å². The maximum absolute atomic E-state index is 2.59. The molecule has 1 aliphatic heterocycles. The predicted molar refractivity (Wildman–Crippen MR) is 220 cm³/mol. The van der Waals surface area contributed by atoms with E-state index >= 15 is 0 Å². The van der Waals surface area contributed by atoms with Crippen LogP contribution in [0, 0.1) is 17.8 Å². The molecular formula is C49H52N2. The molecule has 4 unspecified atom stereocenters. The summed E-state index contributed by atoms with van der Waals surface area (Å²) < 4.78 is 2.58. The molecule has 5 aliphatic rings. The van der Waals surface area contributed by atoms with Gasteiger partial charge in [0.2, 0.25) is 0 Å². The summed E-state index contributed by atoms with van der Waals surface area (Å²) in [6.07, 6.45) is 42.7. The summed E-state index contributed by atoms with van der Waals surface area (Å²) in [7, 11) is 0. The number of allylic oxidation sites excluding steroid dienone is 20. The zero-order valence-electron chi connectivity index (χ0n) is 30.9. The average molecular weight is 669 g/mol. The van der Waals surface area contributed by atoms with Gasteiger partial charge in [0.25, 0.3) is 0 Å². The Hall–Kier alpha value is -4.82. The van der Waals surface area contributed by atoms with Crippen molar-refractivity contribution in [2.24, 2.45) is 17.8 Å². The van der Waals surface area contributed by atoms with Crippen LogP contribution in [0.4, 0.5) is 0 Å². The molecule has 2 nitrogen and oxygen atoms in total. The zero-order valence-corrected chi connectivity index (χ0v) is 30.9. The molecule has 0 N–H and O–H groups in total. The van der Waals surface area contributed by atoms with Crippen molar-refractivity contribution in [3.63, 3.8) is 0 Å². The van der Waals surface area contributed by atoms with Crippen LogP contribution in [0.1, 0.15) is 78.2 Å². The van der Waals surface area contributed by atoms with Gasteiger partial charge in [0.05, 0.1) is 11.0 Å². The number of benzene rings is 2. The maximum Gasteiger partial charge on any atom is 0.0538 e. The number of fused-ring (bicyclic) bond motifs is 5. The quantitative estimate of drug-likeness (QED) is 0.237. The molecule has 0 saturated heterocycles. The third-order valence-electron chi connectivity index (χ3n) is 11.8. The highest BCUT2D eigenvalue weighted by Gasteiger charge is 2.30. The van der Waals surface area contributed by atoms with Gasteiger partial charge in [-0.25, -0.2) is 0 Å². The van der Waals surface area contributed by atoms with E-state index in [0.717, 1.165) is 44.9 Å². The van der Waals surface area contributed by atoms with Crippen molar-refractivity contribution in [3.8, 4) is 0 Å². The van der Waals surface area contributed by atoms with Crippen LogP contribution in [0.25, 0.3) is 33.1 Å². The lowest BCUT2D eigenvalue weighted by Crippen LogP contribution is -2.34. The molecule has 3 aromatic rings. The standard InChI is InChI=1S/C49H52N2/c1-5-15-38-31-41(27-24-36(38)6-2)50-29-14-13-16-34(3)30-40(50)26-23-35(4)37-25-28-48-46(32-37)45-21-11-12-22-47(45)51(48)49-33-39-17-7-8-18-42(39)43-19-9-10-20-44(43)49/h5,7-8,10-18,20-26,28-29,32,34,38-39,41H,6,9,19,27,30-31,33H2,1-4H3/b15-5-,16-13-,29-14-,35-23+,40-26+. The molecule has 2 heteroatoms. The lowest BCUT2D eigenvalue weighted by atomic mass is 9.76. The SMILES string of the molecule is C/C=C\C1CC(N2/C=C\C=C/C(C)C/C2=C\C=C(/C)c2ccc3c(c2)c2ccccc2n3C2=C3C=CCCC3=C3C=CC=CC3C2)CC=C1CC. The molecule has 0 bridgehead atoms. The Balaban J connectivity index is 1.18. The summed E-state index contributed by atoms with van der Waals surface area (Å²) in [5, 5.41) is 2.66. The van der Waals surface area contributed by atoms with E-state index in [1.165, 1.54) is 61.1 Å². The molecule has 0 spiro atoms. The molecule has 51 heavy (non-hydrogen) atoms. The minimum absolute atomic E-state index is 0.442. The van der Waals surface area contributed by atoms with Crippen molar-refractivity contribution in [1.82, 2.24) is 9.47 Å². The molecule has 0 radical (unpaired) electrons. The van der Waals surface area contributed by atoms with Crippen molar-refractivity contribution in [2.75, 3.05) is 0 Å². The second-order valence-electron chi connectivity index (χ2n) is 15.1. The molecule has 4 aliphatic carbocycles. The molecule has 4 atom stereocenters. The van der Waals surface area contributed by atoms with E-state index in [2.05, 4.69) is 171 Å². The van der Waals surface area contributed by atoms with Crippen molar-refractivity contribution in [2.45, 2.75) is 78.7 Å². The Morgan fingerprint density at radius 1 is 0.941 bits per heavy atom. The molecular weight excluding hydrogens is 617 g/mol. The summed E-state index contributed by atoms with van der Waals surface area (Å²) in [5.74, 6) is 1.45. The van der Waals surface area contributed by atoms with Gasteiger partial charge in [-0.1, -0.05) is 117 Å². The fraction of sp³-hybridized carbons (Fsp3) is 0.306. The Kier molecular flexibility index (Phi) is 9.43. The monoisotopic (exact) mass is 668 g/mol. The first-order valence-corrected chi connectivity index (χ1v) is 19.4. The second kappa shape index (κ2) is 14.4. The third-order valence-corrected chi connectivity index (χ3v) is 11.8. The van der Waals surface area contributed by atoms with Crippen molar-refractivity contribution in [1.29, 1.82) is 0 Å². The number of aromatic nitrogens is 1. The second-order valence-corrected chi connectivity index (χ2v) is 15.1. The average Bonchev–Trinajstić information content (AvgIpc) is 3.49. The van der Waals surface area contributed by atoms with E-state index in [0.29, 0.717) is 23.8 Å². The fourth-order valence-electron chi connectivity index (χ4n) is 9.23. The van der Waals surface area contributed by atoms with Gasteiger partial charge < -0.3 is 9.47 Å². The van der Waals surface area contributed by atoms with E-state index < -0.39 is 0 Å². The smallest absolute Gasteiger partial charge is 0.0538 e. The normalized spacial score (nSPS) is 27.3. The fourth-order valence-corrected chi connectivity index (χ4v) is 9.23. The highest BCUT2D eigenvalue weighted by atomic mass is 15.2. The summed E-state index contributed by atoms with van der Waals surface area (Å²) in [6.45, 7) is 9.08. The lowest BCUT2D eigenvalue weighted by molar-refractivity contribution is 0.279. The highest BCUT2D eigenvalue weighted by molar-refractivity contribution is 6.11. The van der Waals surface area contributed by atoms with E-state index in [-0.39, 0.29) is 0 Å². The highest BCUT2D eigenvalue weighted by Crippen LogP contribution is 2.46. The number of hydrogen-bond acceptors (Lipinski definition) is 1. The summed E-state index contributed by atoms with van der Waals surface area (Å²) in [6, 6.07) is 16.6. The first-order valence-electron chi connectivity index (χ1n) is 19.4. The predicted octanol–water partition coefficient (Wildman–Crippen LogP) is 13.2. The van der Waals surface area contributed by atoms with Gasteiger partial charge in [-0.2, -0.15) is 0 Å². The van der Waals surface area contributed by atoms with Crippen LogP contribution in [0.3, 0.4) is 0 Å². The van der Waals surface area contributed by atoms with E-state index in [4.69, 9.17) is 0 Å². The zero-order chi connectivity index (χ0) is 34.9. The van der Waals surface area contributed by atoms with Crippen LogP contribution in [0.15, 0.2) is 162 Å². The first-order chi connectivity index (χ1) is 25.0. The molecule has 1 aromatic heterocycles. The lowest BCUT2D eigenvalue weighted by Gasteiger charge is -2.38. The maximum atomic E-state index is 2.59. The number of para-hydroxylation sites is 1. The van der Waals surface area contributed by atoms with Gasteiger partial charge in [0.15, 0.2) is 0 Å². The van der Waals surface area contributed by atoms with E-state index in [9.17, 15) is 0 Å². The summed E-state index contributed by atoms with van der Waals surface area (Å²) in [4.78, 5) is 2.59. The Morgan fingerprint density at radius 3 is 2.69 bits per heavy atom. The van der Waals surface area contributed by atoms with Gasteiger partial charge in [0.1, 0.15) is 0 Å². The first kappa shape index (κ1) is 33.3. The van der Waals surface area contributed by atoms with Crippen LogP contribution in [-0.2, 0) is 0 Å². The van der Waals surface area contributed by atoms with Crippen LogP contribution in [0.2, 0.25) is 0 Å². The largest absolute Gasteiger partial charge is 0.348 e. The van der Waals surface area contributed by atoms with Crippen LogP contribution in [-0.4, -0.2) is 15.5 Å². The molecule has 0 fully saturated rings. The van der Waals surface area contributed by atoms with Crippen LogP contribution < -0.4 is 0 Å². The van der Waals surface area contributed by atoms with Crippen molar-refractivity contribution in [3.05, 3.63) is 167 Å². The number of nitrogens with zero attached hydrogens (tertiary/aromatic N) is 2. The molecule has 2 heterocycles. The van der Waals surface area contributed by atoms with Crippen molar-refractivity contribution < 1.29 is 0 Å². The minimum Gasteiger partial charge on any atom is -0.348 e. The molecule has 2 aromatic carbocycles. The minimum atomic E-state index is 0.442. The topological polar surface area (TPSA) is 8.17 Å². The number of hydrogen-bond donors (Lipinski definition) is 0. The third kappa shape index (κ3) is 6.35. The number of rotatable bonds is 6. The molecule has 0 saturated carbocycles. The Bertz CT molecular complexity index is 2190.